The first kappa shape index (κ1) is 92.2. The lowest BCUT2D eigenvalue weighted by Crippen LogP contribution is -2.30. The molecule has 0 aromatic rings. The van der Waals surface area contributed by atoms with Crippen LogP contribution in [-0.2, 0) is 65.4 Å². The van der Waals surface area contributed by atoms with Crippen LogP contribution in [0.3, 0.4) is 0 Å². The highest BCUT2D eigenvalue weighted by atomic mass is 31.2. The normalized spacial score (nSPS) is 14.4. The van der Waals surface area contributed by atoms with Crippen LogP contribution in [0.4, 0.5) is 0 Å². The summed E-state index contributed by atoms with van der Waals surface area (Å²) in [5.74, 6) is -2.21. The van der Waals surface area contributed by atoms with Crippen LogP contribution >= 0.6 is 15.6 Å². The van der Waals surface area contributed by atoms with Crippen molar-refractivity contribution in [2.75, 3.05) is 39.6 Å². The van der Waals surface area contributed by atoms with Crippen LogP contribution in [-0.4, -0.2) is 96.7 Å². The number of esters is 4. The zero-order valence-corrected chi connectivity index (χ0v) is 62.3. The van der Waals surface area contributed by atoms with Gasteiger partial charge in [-0.05, 0) is 135 Å². The third-order valence-electron chi connectivity index (χ3n) is 15.8. The Morgan fingerprint density at radius 1 is 0.292 bits per heavy atom. The standard InChI is InChI=1S/C77H136O17P2/c1-5-9-13-17-21-25-29-32-33-34-35-36-37-40-43-46-50-54-58-62-75(80)88-67-72(93-76(81)63-59-55-51-47-41-28-24-20-16-12-8-4)69-91-95(83,84)89-65-71(78)66-90-96(85,86)92-70-73(94-77(82)64-60-56-52-48-44-39-31-27-23-19-15-11-7-3)68-87-74(79)61-57-53-49-45-42-38-30-26-22-18-14-10-6-2/h14,18,20-21,24-27,30-33,35-36,71-73,78H,5-13,15-17,19,22-23,28-29,34,37-70H2,1-4H3,(H,83,84)(H,85,86)/b18-14-,24-20-,25-21-,30-26-,31-27-,33-32-,36-35-. The Labute approximate surface area is 583 Å². The molecule has 0 aliphatic carbocycles. The van der Waals surface area contributed by atoms with Crippen LogP contribution in [0.2, 0.25) is 0 Å². The van der Waals surface area contributed by atoms with E-state index in [2.05, 4.69) is 113 Å². The van der Waals surface area contributed by atoms with E-state index in [1.54, 1.807) is 0 Å². The van der Waals surface area contributed by atoms with E-state index in [9.17, 15) is 43.2 Å². The molecule has 0 aromatic heterocycles. The van der Waals surface area contributed by atoms with Gasteiger partial charge in [-0.2, -0.15) is 0 Å². The number of unbranched alkanes of at least 4 members (excludes halogenated alkanes) is 31. The summed E-state index contributed by atoms with van der Waals surface area (Å²) in [5.41, 5.74) is 0. The first-order chi connectivity index (χ1) is 46.7. The Morgan fingerprint density at radius 3 is 0.885 bits per heavy atom. The fourth-order valence-corrected chi connectivity index (χ4v) is 11.5. The Kier molecular flexibility index (Phi) is 67.0. The predicted octanol–water partition coefficient (Wildman–Crippen LogP) is 21.4. The van der Waals surface area contributed by atoms with Crippen molar-refractivity contribution in [2.45, 2.75) is 341 Å². The van der Waals surface area contributed by atoms with Crippen molar-refractivity contribution < 1.29 is 80.2 Å². The number of allylic oxidation sites excluding steroid dienone is 14. The smallest absolute Gasteiger partial charge is 0.462 e. The summed E-state index contributed by atoms with van der Waals surface area (Å²) in [5, 5.41) is 10.6. The second kappa shape index (κ2) is 69.7. The molecule has 0 aliphatic rings. The van der Waals surface area contributed by atoms with Crippen LogP contribution in [0, 0.1) is 0 Å². The van der Waals surface area contributed by atoms with Crippen molar-refractivity contribution in [1.82, 2.24) is 0 Å². The number of carbonyl (C=O) groups is 4. The molecule has 19 heteroatoms. The number of carbonyl (C=O) groups excluding carboxylic acids is 4. The molecule has 0 fully saturated rings. The Balaban J connectivity index is 5.30. The summed E-state index contributed by atoms with van der Waals surface area (Å²) in [7, 11) is -9.95. The summed E-state index contributed by atoms with van der Waals surface area (Å²) in [6.07, 6.45) is 70.1. The van der Waals surface area contributed by atoms with E-state index in [0.29, 0.717) is 25.7 Å². The third-order valence-corrected chi connectivity index (χ3v) is 17.7. The molecule has 0 saturated carbocycles. The highest BCUT2D eigenvalue weighted by Crippen LogP contribution is 2.45. The summed E-state index contributed by atoms with van der Waals surface area (Å²) in [6.45, 7) is 4.69. The molecule has 0 rings (SSSR count). The molecule has 0 saturated heterocycles. The quantitative estimate of drug-likeness (QED) is 0.0169. The van der Waals surface area contributed by atoms with Gasteiger partial charge < -0.3 is 33.8 Å². The molecule has 0 spiro atoms. The van der Waals surface area contributed by atoms with Gasteiger partial charge in [0.05, 0.1) is 26.4 Å². The van der Waals surface area contributed by atoms with Gasteiger partial charge in [0.15, 0.2) is 12.2 Å². The van der Waals surface area contributed by atoms with Crippen molar-refractivity contribution in [3.8, 4) is 0 Å². The highest BCUT2D eigenvalue weighted by Gasteiger charge is 2.30. The monoisotopic (exact) mass is 1390 g/mol. The molecule has 5 atom stereocenters. The summed E-state index contributed by atoms with van der Waals surface area (Å²) in [6, 6.07) is 0. The van der Waals surface area contributed by atoms with Gasteiger partial charge in [-0.25, -0.2) is 9.13 Å². The first-order valence-corrected chi connectivity index (χ1v) is 40.8. The van der Waals surface area contributed by atoms with E-state index >= 15 is 0 Å². The minimum atomic E-state index is -4.97. The lowest BCUT2D eigenvalue weighted by atomic mass is 10.1. The van der Waals surface area contributed by atoms with Crippen LogP contribution in [0.1, 0.15) is 323 Å². The van der Waals surface area contributed by atoms with E-state index in [1.807, 2.05) is 0 Å². The maximum Gasteiger partial charge on any atom is 0.472 e. The Hall–Kier alpha value is -3.76. The summed E-state index contributed by atoms with van der Waals surface area (Å²) >= 11 is 0. The molecule has 5 unspecified atom stereocenters. The van der Waals surface area contributed by atoms with Crippen molar-refractivity contribution in [3.05, 3.63) is 85.1 Å². The average Bonchev–Trinajstić information content (AvgIpc) is 1.28. The van der Waals surface area contributed by atoms with Gasteiger partial charge in [0.1, 0.15) is 19.3 Å². The summed E-state index contributed by atoms with van der Waals surface area (Å²) in [4.78, 5) is 72.7. The zero-order valence-electron chi connectivity index (χ0n) is 60.5. The van der Waals surface area contributed by atoms with E-state index in [1.165, 1.54) is 57.8 Å². The Bertz CT molecular complexity index is 2160. The fourth-order valence-electron chi connectivity index (χ4n) is 9.95. The molecule has 96 heavy (non-hydrogen) atoms. The largest absolute Gasteiger partial charge is 0.472 e. The van der Waals surface area contributed by atoms with Gasteiger partial charge in [0.2, 0.25) is 0 Å². The molecular formula is C77H136O17P2. The van der Waals surface area contributed by atoms with Gasteiger partial charge in [0, 0.05) is 25.7 Å². The number of rotatable bonds is 71. The number of hydrogen-bond donors (Lipinski definition) is 3. The maximum atomic E-state index is 13.1. The van der Waals surface area contributed by atoms with Gasteiger partial charge in [-0.1, -0.05) is 248 Å². The van der Waals surface area contributed by atoms with E-state index in [-0.39, 0.29) is 25.7 Å². The van der Waals surface area contributed by atoms with Crippen molar-refractivity contribution >= 4 is 39.5 Å². The molecule has 17 nitrogen and oxygen atoms in total. The second-order valence-corrected chi connectivity index (χ2v) is 28.1. The SMILES string of the molecule is CCC/C=C\C/C=C\CCCCCCCC(=O)OCC(COP(=O)(O)OCC(O)COP(=O)(O)OCC(COC(=O)CCCCCCCC/C=C\C/C=C\C/C=C\CCCCC)OC(=O)CCCCCCC/C=C\CCCC)OC(=O)CCCCCCC/C=C\CCCCCC. The molecular weight excluding hydrogens is 1260 g/mol. The first-order valence-electron chi connectivity index (χ1n) is 37.8. The van der Waals surface area contributed by atoms with Crippen LogP contribution in [0.25, 0.3) is 0 Å². The molecule has 0 aromatic carbocycles. The molecule has 0 amide bonds. The summed E-state index contributed by atoms with van der Waals surface area (Å²) < 4.78 is 68.3. The zero-order chi connectivity index (χ0) is 70.4. The molecule has 556 valence electrons. The minimum Gasteiger partial charge on any atom is -0.462 e. The topological polar surface area (TPSA) is 237 Å². The van der Waals surface area contributed by atoms with Crippen LogP contribution in [0.5, 0.6) is 0 Å². The number of aliphatic hydroxyl groups is 1. The van der Waals surface area contributed by atoms with Gasteiger partial charge in [0.25, 0.3) is 0 Å². The number of aliphatic hydroxyl groups excluding tert-OH is 1. The molecule has 3 N–H and O–H groups in total. The Morgan fingerprint density at radius 2 is 0.542 bits per heavy atom. The van der Waals surface area contributed by atoms with E-state index < -0.39 is 97.5 Å². The number of phosphoric ester groups is 2. The highest BCUT2D eigenvalue weighted by molar-refractivity contribution is 7.47. The van der Waals surface area contributed by atoms with Crippen LogP contribution in [0.15, 0.2) is 85.1 Å². The second-order valence-electron chi connectivity index (χ2n) is 25.2. The van der Waals surface area contributed by atoms with Gasteiger partial charge in [-0.15, -0.1) is 0 Å². The lowest BCUT2D eigenvalue weighted by Gasteiger charge is -2.21. The fraction of sp³-hybridized carbons (Fsp3) is 0.766. The average molecular weight is 1400 g/mol. The lowest BCUT2D eigenvalue weighted by molar-refractivity contribution is -0.161. The molecule has 0 aliphatic heterocycles. The van der Waals surface area contributed by atoms with Crippen molar-refractivity contribution in [1.29, 1.82) is 0 Å². The van der Waals surface area contributed by atoms with E-state index in [0.717, 1.165) is 186 Å². The van der Waals surface area contributed by atoms with Gasteiger partial charge in [-0.3, -0.25) is 37.3 Å². The number of phosphoric acid groups is 2. The third kappa shape index (κ3) is 68.8. The minimum absolute atomic E-state index is 0.0821. The maximum absolute atomic E-state index is 13.1. The van der Waals surface area contributed by atoms with Crippen molar-refractivity contribution in [2.24, 2.45) is 0 Å². The molecule has 0 heterocycles. The number of hydrogen-bond acceptors (Lipinski definition) is 15. The van der Waals surface area contributed by atoms with E-state index in [4.69, 9.17) is 37.0 Å². The number of ether oxygens (including phenoxy) is 4. The molecule has 0 radical (unpaired) electrons. The van der Waals surface area contributed by atoms with Crippen molar-refractivity contribution in [3.63, 3.8) is 0 Å². The predicted molar refractivity (Wildman–Crippen MR) is 390 cm³/mol. The molecule has 0 bridgehead atoms. The van der Waals surface area contributed by atoms with Gasteiger partial charge >= 0.3 is 39.5 Å². The van der Waals surface area contributed by atoms with Crippen LogP contribution < -0.4 is 0 Å².